The van der Waals surface area contributed by atoms with Crippen molar-refractivity contribution in [3.63, 3.8) is 0 Å². The van der Waals surface area contributed by atoms with Crippen LogP contribution >= 0.6 is 0 Å². The van der Waals surface area contributed by atoms with E-state index in [4.69, 9.17) is 9.47 Å². The lowest BCUT2D eigenvalue weighted by molar-refractivity contribution is 0.0508. The Morgan fingerprint density at radius 1 is 1.50 bits per heavy atom. The summed E-state index contributed by atoms with van der Waals surface area (Å²) in [6.07, 6.45) is -0.246. The Balaban J connectivity index is 2.33. The molecule has 1 aromatic rings. The average Bonchev–Trinajstić information content (AvgIpc) is 3.24. The van der Waals surface area contributed by atoms with Gasteiger partial charge >= 0.3 is 5.97 Å². The summed E-state index contributed by atoms with van der Waals surface area (Å²) in [6, 6.07) is 0. The van der Waals surface area contributed by atoms with Gasteiger partial charge in [0.1, 0.15) is 17.4 Å². The van der Waals surface area contributed by atoms with Crippen LogP contribution in [0.4, 0.5) is 8.78 Å². The zero-order chi connectivity index (χ0) is 14.7. The minimum absolute atomic E-state index is 0.103. The van der Waals surface area contributed by atoms with Gasteiger partial charge in [-0.25, -0.2) is 23.5 Å². The summed E-state index contributed by atoms with van der Waals surface area (Å²) in [7, 11) is 1.49. The van der Waals surface area contributed by atoms with Gasteiger partial charge in [-0.1, -0.05) is 0 Å². The molecule has 1 aromatic heterocycles. The van der Waals surface area contributed by atoms with Crippen LogP contribution < -0.4 is 0 Å². The van der Waals surface area contributed by atoms with Crippen molar-refractivity contribution in [2.45, 2.75) is 32.3 Å². The maximum atomic E-state index is 13.1. The van der Waals surface area contributed by atoms with Gasteiger partial charge in [-0.15, -0.1) is 0 Å². The Kier molecular flexibility index (Phi) is 4.59. The van der Waals surface area contributed by atoms with Crippen LogP contribution in [0.15, 0.2) is 6.20 Å². The van der Waals surface area contributed by atoms with Crippen LogP contribution in [-0.4, -0.2) is 29.7 Å². The molecule has 0 radical (unpaired) electrons. The molecular formula is C13H16F2N2O3. The molecule has 0 aromatic carbocycles. The highest BCUT2D eigenvalue weighted by molar-refractivity contribution is 5.90. The van der Waals surface area contributed by atoms with Crippen LogP contribution in [0.25, 0.3) is 0 Å². The van der Waals surface area contributed by atoms with E-state index >= 15 is 0 Å². The van der Waals surface area contributed by atoms with Gasteiger partial charge in [0.2, 0.25) is 0 Å². The number of esters is 1. The maximum absolute atomic E-state index is 13.1. The summed E-state index contributed by atoms with van der Waals surface area (Å²) < 4.78 is 36.1. The highest BCUT2D eigenvalue weighted by Crippen LogP contribution is 2.42. The highest BCUT2D eigenvalue weighted by atomic mass is 19.3. The molecule has 0 N–H and O–H groups in total. The van der Waals surface area contributed by atoms with Crippen molar-refractivity contribution >= 4 is 5.97 Å². The predicted octanol–water partition coefficient (Wildman–Crippen LogP) is 2.69. The van der Waals surface area contributed by atoms with E-state index in [0.717, 1.165) is 19.0 Å². The molecule has 1 unspecified atom stereocenters. The quantitative estimate of drug-likeness (QED) is 0.752. The molecule has 0 bridgehead atoms. The van der Waals surface area contributed by atoms with Crippen LogP contribution in [0.3, 0.4) is 0 Å². The fourth-order valence-electron chi connectivity index (χ4n) is 1.99. The van der Waals surface area contributed by atoms with Crippen molar-refractivity contribution in [3.8, 4) is 0 Å². The Bertz CT molecular complexity index is 493. The number of carbonyl (C=O) groups is 1. The second-order valence-corrected chi connectivity index (χ2v) is 4.54. The summed E-state index contributed by atoms with van der Waals surface area (Å²) >= 11 is 0. The van der Waals surface area contributed by atoms with Crippen molar-refractivity contribution in [2.24, 2.45) is 5.92 Å². The predicted molar refractivity (Wildman–Crippen MR) is 65.4 cm³/mol. The normalized spacial score (nSPS) is 16.2. The van der Waals surface area contributed by atoms with Crippen LogP contribution in [0.1, 0.15) is 54.2 Å². The first-order chi connectivity index (χ1) is 9.58. The molecule has 110 valence electrons. The van der Waals surface area contributed by atoms with Crippen molar-refractivity contribution in [1.29, 1.82) is 0 Å². The van der Waals surface area contributed by atoms with E-state index in [-0.39, 0.29) is 23.9 Å². The molecule has 1 heterocycles. The summed E-state index contributed by atoms with van der Waals surface area (Å²) in [6.45, 7) is 1.70. The van der Waals surface area contributed by atoms with Crippen molar-refractivity contribution in [2.75, 3.05) is 13.7 Å². The van der Waals surface area contributed by atoms with Gasteiger partial charge in [0.15, 0.2) is 5.82 Å². The first-order valence-electron chi connectivity index (χ1n) is 6.43. The molecule has 0 spiro atoms. The number of carbonyl (C=O) groups excluding carboxylic acids is 1. The first kappa shape index (κ1) is 14.8. The summed E-state index contributed by atoms with van der Waals surface area (Å²) in [5, 5.41) is 0. The fourth-order valence-corrected chi connectivity index (χ4v) is 1.99. The SMILES string of the molecule is CCOC(=O)c1cnc(C(OC)C2CC2)nc1C(F)F. The van der Waals surface area contributed by atoms with E-state index in [9.17, 15) is 13.6 Å². The Labute approximate surface area is 115 Å². The van der Waals surface area contributed by atoms with Crippen LogP contribution in [0.2, 0.25) is 0 Å². The molecule has 20 heavy (non-hydrogen) atoms. The molecule has 1 aliphatic rings. The summed E-state index contributed by atoms with van der Waals surface area (Å²) in [4.78, 5) is 19.4. The van der Waals surface area contributed by atoms with Gasteiger partial charge in [0.05, 0.1) is 6.61 Å². The van der Waals surface area contributed by atoms with Crippen LogP contribution in [0.5, 0.6) is 0 Å². The van der Waals surface area contributed by atoms with E-state index in [0.29, 0.717) is 0 Å². The van der Waals surface area contributed by atoms with E-state index < -0.39 is 24.2 Å². The molecular weight excluding hydrogens is 270 g/mol. The average molecular weight is 286 g/mol. The summed E-state index contributed by atoms with van der Waals surface area (Å²) in [5.74, 6) is -0.382. The number of rotatable bonds is 6. The molecule has 1 atom stereocenters. The monoisotopic (exact) mass is 286 g/mol. The summed E-state index contributed by atoms with van der Waals surface area (Å²) in [5.41, 5.74) is -0.896. The molecule has 7 heteroatoms. The van der Waals surface area contributed by atoms with Crippen molar-refractivity contribution in [1.82, 2.24) is 9.97 Å². The number of nitrogens with zero attached hydrogens (tertiary/aromatic N) is 2. The molecule has 1 saturated carbocycles. The zero-order valence-electron chi connectivity index (χ0n) is 11.3. The Morgan fingerprint density at radius 3 is 2.70 bits per heavy atom. The number of ether oxygens (including phenoxy) is 2. The molecule has 0 saturated heterocycles. The van der Waals surface area contributed by atoms with Crippen molar-refractivity contribution < 1.29 is 23.0 Å². The number of hydrogen-bond acceptors (Lipinski definition) is 5. The van der Waals surface area contributed by atoms with Crippen LogP contribution in [-0.2, 0) is 9.47 Å². The smallest absolute Gasteiger partial charge is 0.341 e. The highest BCUT2D eigenvalue weighted by Gasteiger charge is 2.35. The molecule has 5 nitrogen and oxygen atoms in total. The van der Waals surface area contributed by atoms with E-state index in [1.54, 1.807) is 6.92 Å². The zero-order valence-corrected chi connectivity index (χ0v) is 11.3. The third kappa shape index (κ3) is 3.09. The van der Waals surface area contributed by atoms with Gasteiger partial charge in [-0.2, -0.15) is 0 Å². The van der Waals surface area contributed by atoms with E-state index in [2.05, 4.69) is 9.97 Å². The molecule has 1 aliphatic carbocycles. The molecule has 1 fully saturated rings. The van der Waals surface area contributed by atoms with Crippen molar-refractivity contribution in [3.05, 3.63) is 23.3 Å². The van der Waals surface area contributed by atoms with E-state index in [1.165, 1.54) is 7.11 Å². The van der Waals surface area contributed by atoms with Gasteiger partial charge in [0.25, 0.3) is 6.43 Å². The maximum Gasteiger partial charge on any atom is 0.341 e. The Morgan fingerprint density at radius 2 is 2.20 bits per heavy atom. The van der Waals surface area contributed by atoms with E-state index in [1.807, 2.05) is 0 Å². The third-order valence-electron chi connectivity index (χ3n) is 3.10. The van der Waals surface area contributed by atoms with Crippen LogP contribution in [0, 0.1) is 5.92 Å². The van der Waals surface area contributed by atoms with Gasteiger partial charge < -0.3 is 9.47 Å². The lowest BCUT2D eigenvalue weighted by Gasteiger charge is -2.15. The number of hydrogen-bond donors (Lipinski definition) is 0. The van der Waals surface area contributed by atoms with Gasteiger partial charge in [0, 0.05) is 13.3 Å². The Hall–Kier alpha value is -1.63. The topological polar surface area (TPSA) is 61.3 Å². The largest absolute Gasteiger partial charge is 0.462 e. The number of aromatic nitrogens is 2. The lowest BCUT2D eigenvalue weighted by atomic mass is 10.2. The number of alkyl halides is 2. The first-order valence-corrected chi connectivity index (χ1v) is 6.43. The standard InChI is InChI=1S/C13H16F2N2O3/c1-3-20-13(18)8-6-16-12(17-9(8)11(14)15)10(19-2)7-4-5-7/h6-7,10-11H,3-5H2,1-2H3. The molecule has 0 amide bonds. The van der Waals surface area contributed by atoms with Gasteiger partial charge in [-0.05, 0) is 25.7 Å². The minimum atomic E-state index is -2.87. The lowest BCUT2D eigenvalue weighted by Crippen LogP contribution is -2.16. The second kappa shape index (κ2) is 6.21. The second-order valence-electron chi connectivity index (χ2n) is 4.54. The number of halogens is 2. The molecule has 0 aliphatic heterocycles. The van der Waals surface area contributed by atoms with Gasteiger partial charge in [-0.3, -0.25) is 0 Å². The fraction of sp³-hybridized carbons (Fsp3) is 0.615. The minimum Gasteiger partial charge on any atom is -0.462 e. The number of methoxy groups -OCH3 is 1. The third-order valence-corrected chi connectivity index (χ3v) is 3.10. The molecule has 2 rings (SSSR count).